The van der Waals surface area contributed by atoms with Gasteiger partial charge in [0.25, 0.3) is 5.91 Å². The Hall–Kier alpha value is -2.33. The number of Topliss-reactive ketones (excluding diaryl/α,β-unsaturated/α-hetero) is 1. The number of fused-ring (bicyclic) bond motifs is 1. The van der Waals surface area contributed by atoms with Crippen LogP contribution in [0.1, 0.15) is 22.8 Å². The van der Waals surface area contributed by atoms with Crippen molar-refractivity contribution in [3.05, 3.63) is 70.6 Å². The van der Waals surface area contributed by atoms with E-state index in [0.29, 0.717) is 16.2 Å². The number of thioether (sulfide) groups is 1. The van der Waals surface area contributed by atoms with Crippen molar-refractivity contribution < 1.29 is 9.59 Å². The van der Waals surface area contributed by atoms with Gasteiger partial charge in [0.1, 0.15) is 0 Å². The molecule has 0 spiro atoms. The van der Waals surface area contributed by atoms with Crippen LogP contribution in [0.4, 0.5) is 0 Å². The molecule has 3 rings (SSSR count). The van der Waals surface area contributed by atoms with E-state index in [0.717, 1.165) is 10.5 Å². The van der Waals surface area contributed by atoms with Crippen LogP contribution in [0.3, 0.4) is 0 Å². The predicted octanol–water partition coefficient (Wildman–Crippen LogP) is 3.82. The lowest BCUT2D eigenvalue weighted by molar-refractivity contribution is -0.112. The van der Waals surface area contributed by atoms with Crippen LogP contribution in [0.2, 0.25) is 0 Å². The highest BCUT2D eigenvalue weighted by molar-refractivity contribution is 8.04. The summed E-state index contributed by atoms with van der Waals surface area (Å²) in [5, 5.41) is 0. The molecule has 4 heteroatoms. The minimum absolute atomic E-state index is 0.0415. The van der Waals surface area contributed by atoms with Gasteiger partial charge in [-0.3, -0.25) is 9.59 Å². The van der Waals surface area contributed by atoms with Crippen LogP contribution in [-0.4, -0.2) is 23.6 Å². The summed E-state index contributed by atoms with van der Waals surface area (Å²) in [7, 11) is 1.72. The van der Waals surface area contributed by atoms with E-state index in [9.17, 15) is 9.59 Å². The van der Waals surface area contributed by atoms with Gasteiger partial charge in [-0.2, -0.15) is 0 Å². The van der Waals surface area contributed by atoms with Gasteiger partial charge in [-0.25, -0.2) is 0 Å². The molecule has 3 nitrogen and oxygen atoms in total. The van der Waals surface area contributed by atoms with Gasteiger partial charge >= 0.3 is 0 Å². The number of carbonyl (C=O) groups excluding carboxylic acids is 2. The summed E-state index contributed by atoms with van der Waals surface area (Å²) < 4.78 is 0. The zero-order chi connectivity index (χ0) is 15.7. The average molecular weight is 309 g/mol. The first-order chi connectivity index (χ1) is 10.6. The zero-order valence-electron chi connectivity index (χ0n) is 12.4. The number of ketones is 1. The molecule has 2 aromatic carbocycles. The van der Waals surface area contributed by atoms with E-state index in [1.165, 1.54) is 18.7 Å². The lowest BCUT2D eigenvalue weighted by atomic mass is 10.1. The number of amides is 1. The Kier molecular flexibility index (Phi) is 3.86. The highest BCUT2D eigenvalue weighted by Gasteiger charge is 2.29. The number of allylic oxidation sites excluding steroid dienone is 1. The van der Waals surface area contributed by atoms with Crippen molar-refractivity contribution in [2.24, 2.45) is 0 Å². The number of benzene rings is 2. The SMILES string of the molecule is CC(=O)C1=C(c2ccccc2)N(C)C(=O)c2ccccc2S1. The van der Waals surface area contributed by atoms with Crippen molar-refractivity contribution in [3.63, 3.8) is 0 Å². The Morgan fingerprint density at radius 3 is 2.32 bits per heavy atom. The minimum atomic E-state index is -0.0989. The Morgan fingerprint density at radius 2 is 1.64 bits per heavy atom. The molecule has 1 aliphatic rings. The van der Waals surface area contributed by atoms with Gasteiger partial charge in [0, 0.05) is 11.9 Å². The van der Waals surface area contributed by atoms with E-state index < -0.39 is 0 Å². The third-order valence-corrected chi connectivity index (χ3v) is 4.81. The molecule has 0 saturated carbocycles. The summed E-state index contributed by atoms with van der Waals surface area (Å²) in [4.78, 5) is 27.9. The molecular weight excluding hydrogens is 294 g/mol. The van der Waals surface area contributed by atoms with Crippen LogP contribution in [0, 0.1) is 0 Å². The molecule has 22 heavy (non-hydrogen) atoms. The van der Waals surface area contributed by atoms with Crippen molar-refractivity contribution in [1.82, 2.24) is 4.90 Å². The summed E-state index contributed by atoms with van der Waals surface area (Å²) in [5.41, 5.74) is 2.16. The predicted molar refractivity (Wildman–Crippen MR) is 88.4 cm³/mol. The van der Waals surface area contributed by atoms with Crippen LogP contribution < -0.4 is 0 Å². The van der Waals surface area contributed by atoms with Gasteiger partial charge in [-0.05, 0) is 24.6 Å². The number of nitrogens with zero attached hydrogens (tertiary/aromatic N) is 1. The smallest absolute Gasteiger partial charge is 0.259 e. The molecule has 0 radical (unpaired) electrons. The summed E-state index contributed by atoms with van der Waals surface area (Å²) in [6.07, 6.45) is 0. The Balaban J connectivity index is 2.25. The molecule has 0 unspecified atom stereocenters. The highest BCUT2D eigenvalue weighted by atomic mass is 32.2. The Bertz CT molecular complexity index is 781. The minimum Gasteiger partial charge on any atom is -0.310 e. The van der Waals surface area contributed by atoms with Gasteiger partial charge in [0.15, 0.2) is 5.78 Å². The molecule has 0 fully saturated rings. The fraction of sp³-hybridized carbons (Fsp3) is 0.111. The summed E-state index contributed by atoms with van der Waals surface area (Å²) in [5.74, 6) is -0.140. The lowest BCUT2D eigenvalue weighted by Gasteiger charge is -2.21. The van der Waals surface area contributed by atoms with E-state index in [1.807, 2.05) is 48.5 Å². The van der Waals surface area contributed by atoms with Gasteiger partial charge in [-0.15, -0.1) is 0 Å². The Morgan fingerprint density at radius 1 is 1.00 bits per heavy atom. The monoisotopic (exact) mass is 309 g/mol. The van der Waals surface area contributed by atoms with E-state index in [-0.39, 0.29) is 11.7 Å². The van der Waals surface area contributed by atoms with Crippen molar-refractivity contribution in [2.45, 2.75) is 11.8 Å². The molecule has 1 aliphatic heterocycles. The maximum absolute atomic E-state index is 12.8. The second-order valence-electron chi connectivity index (χ2n) is 5.06. The Labute approximate surface area is 133 Å². The maximum atomic E-state index is 12.8. The lowest BCUT2D eigenvalue weighted by Crippen LogP contribution is -2.25. The van der Waals surface area contributed by atoms with E-state index in [2.05, 4.69) is 0 Å². The molecule has 0 aliphatic carbocycles. The summed E-state index contributed by atoms with van der Waals surface area (Å²) >= 11 is 1.36. The van der Waals surface area contributed by atoms with Crippen molar-refractivity contribution in [1.29, 1.82) is 0 Å². The van der Waals surface area contributed by atoms with Gasteiger partial charge in [-0.1, -0.05) is 54.2 Å². The van der Waals surface area contributed by atoms with Crippen LogP contribution in [0.15, 0.2) is 64.4 Å². The number of rotatable bonds is 2. The molecule has 0 saturated heterocycles. The fourth-order valence-electron chi connectivity index (χ4n) is 2.48. The van der Waals surface area contributed by atoms with E-state index in [1.54, 1.807) is 18.0 Å². The van der Waals surface area contributed by atoms with Crippen LogP contribution in [-0.2, 0) is 4.79 Å². The van der Waals surface area contributed by atoms with Gasteiger partial charge in [0.05, 0.1) is 16.2 Å². The number of carbonyl (C=O) groups is 2. The number of hydrogen-bond donors (Lipinski definition) is 0. The molecule has 0 N–H and O–H groups in total. The topological polar surface area (TPSA) is 37.4 Å². The average Bonchev–Trinajstić information content (AvgIpc) is 2.65. The first-order valence-electron chi connectivity index (χ1n) is 6.95. The molecule has 1 amide bonds. The standard InChI is InChI=1S/C18H15NO2S/c1-12(20)17-16(13-8-4-3-5-9-13)19(2)18(21)14-10-6-7-11-15(14)22-17/h3-11H,1-2H3. The summed E-state index contributed by atoms with van der Waals surface area (Å²) in [6, 6.07) is 16.9. The highest BCUT2D eigenvalue weighted by Crippen LogP contribution is 2.40. The van der Waals surface area contributed by atoms with Crippen molar-refractivity contribution >= 4 is 29.1 Å². The molecule has 1 heterocycles. The first-order valence-corrected chi connectivity index (χ1v) is 7.77. The molecule has 2 aromatic rings. The fourth-order valence-corrected chi connectivity index (χ4v) is 3.61. The quantitative estimate of drug-likeness (QED) is 0.846. The number of hydrogen-bond acceptors (Lipinski definition) is 3. The van der Waals surface area contributed by atoms with Gasteiger partial charge < -0.3 is 4.90 Å². The van der Waals surface area contributed by atoms with Crippen LogP contribution in [0.5, 0.6) is 0 Å². The maximum Gasteiger partial charge on any atom is 0.259 e. The molecule has 110 valence electrons. The molecule has 0 aromatic heterocycles. The normalized spacial score (nSPS) is 14.6. The zero-order valence-corrected chi connectivity index (χ0v) is 13.2. The second-order valence-corrected chi connectivity index (χ2v) is 6.11. The van der Waals surface area contributed by atoms with Crippen LogP contribution >= 0.6 is 11.8 Å². The van der Waals surface area contributed by atoms with Crippen LogP contribution in [0.25, 0.3) is 5.70 Å². The van der Waals surface area contributed by atoms with Gasteiger partial charge in [0.2, 0.25) is 0 Å². The molecule has 0 bridgehead atoms. The van der Waals surface area contributed by atoms with E-state index in [4.69, 9.17) is 0 Å². The molecular formula is C18H15NO2S. The first kappa shape index (κ1) is 14.6. The third kappa shape index (κ3) is 2.46. The van der Waals surface area contributed by atoms with Crippen molar-refractivity contribution in [3.8, 4) is 0 Å². The molecule has 0 atom stereocenters. The largest absolute Gasteiger partial charge is 0.310 e. The van der Waals surface area contributed by atoms with E-state index >= 15 is 0 Å². The third-order valence-electron chi connectivity index (χ3n) is 3.55. The summed E-state index contributed by atoms with van der Waals surface area (Å²) in [6.45, 7) is 1.54. The van der Waals surface area contributed by atoms with Crippen molar-refractivity contribution in [2.75, 3.05) is 7.05 Å². The second kappa shape index (κ2) is 5.81.